The molecule has 0 spiro atoms. The third-order valence-electron chi connectivity index (χ3n) is 7.18. The van der Waals surface area contributed by atoms with E-state index in [-0.39, 0.29) is 10.6 Å². The summed E-state index contributed by atoms with van der Waals surface area (Å²) in [7, 11) is 0.794. The van der Waals surface area contributed by atoms with E-state index in [9.17, 15) is 0 Å². The van der Waals surface area contributed by atoms with Gasteiger partial charge in [-0.25, -0.2) is 24.4 Å². The summed E-state index contributed by atoms with van der Waals surface area (Å²) in [6.45, 7) is 8.44. The molecule has 3 aromatic rings. The lowest BCUT2D eigenvalue weighted by Gasteiger charge is -2.44. The highest BCUT2D eigenvalue weighted by atomic mass is 32.3. The molecule has 1 aliphatic rings. The number of hydrogen-bond donors (Lipinski definition) is 0. The minimum absolute atomic E-state index is 0.171. The van der Waals surface area contributed by atoms with Crippen molar-refractivity contribution in [3.63, 3.8) is 0 Å². The summed E-state index contributed by atoms with van der Waals surface area (Å²) in [5.41, 5.74) is 3.94. The number of methoxy groups -OCH3 is 1. The molecule has 0 N–H and O–H groups in total. The Morgan fingerprint density at radius 1 is 1.03 bits per heavy atom. The first-order chi connectivity index (χ1) is 17.6. The Hall–Kier alpha value is -3.13. The van der Waals surface area contributed by atoms with E-state index >= 15 is 4.39 Å². The standard InChI is InChI=1S/C29H37FN4O2S/c1-29(2,3)37(5,6)15-14-22-8-7-9-26(27(22)30)23-16-31-28(32-17-23)34-18-24(19-34)33-36-20-21-10-12-25(35-4)13-11-21/h7-13,16-17H,14-15,18-20H2,1-6H3. The second-order valence-electron chi connectivity index (χ2n) is 10.8. The molecule has 1 aromatic heterocycles. The van der Waals surface area contributed by atoms with Crippen molar-refractivity contribution in [2.75, 3.05) is 43.4 Å². The molecule has 1 aliphatic heterocycles. The number of rotatable bonds is 9. The maximum atomic E-state index is 15.4. The van der Waals surface area contributed by atoms with E-state index in [0.29, 0.717) is 36.8 Å². The average Bonchev–Trinajstić information content (AvgIpc) is 2.85. The molecule has 0 unspecified atom stereocenters. The lowest BCUT2D eigenvalue weighted by Crippen LogP contribution is -2.48. The Morgan fingerprint density at radius 2 is 1.70 bits per heavy atom. The van der Waals surface area contributed by atoms with Crippen LogP contribution in [-0.4, -0.2) is 58.9 Å². The van der Waals surface area contributed by atoms with E-state index in [2.05, 4.69) is 48.4 Å². The van der Waals surface area contributed by atoms with Crippen LogP contribution in [0.5, 0.6) is 5.75 Å². The molecule has 2 heterocycles. The fourth-order valence-corrected chi connectivity index (χ4v) is 5.15. The molecule has 2 aromatic carbocycles. The fourth-order valence-electron chi connectivity index (χ4n) is 3.80. The minimum Gasteiger partial charge on any atom is -0.497 e. The lowest BCUT2D eigenvalue weighted by atomic mass is 10.0. The third kappa shape index (κ3) is 6.42. The number of aromatic nitrogens is 2. The Bertz CT molecular complexity index is 1230. The molecule has 0 radical (unpaired) electrons. The average molecular weight is 525 g/mol. The molecule has 1 saturated heterocycles. The first kappa shape index (κ1) is 26.9. The van der Waals surface area contributed by atoms with Gasteiger partial charge in [0, 0.05) is 23.5 Å². The molecule has 198 valence electrons. The molecule has 4 rings (SSSR count). The first-order valence-electron chi connectivity index (χ1n) is 12.4. The molecular weight excluding hydrogens is 487 g/mol. The van der Waals surface area contributed by atoms with E-state index in [1.807, 2.05) is 41.3 Å². The Morgan fingerprint density at radius 3 is 2.32 bits per heavy atom. The van der Waals surface area contributed by atoms with Crippen molar-refractivity contribution in [3.8, 4) is 16.9 Å². The van der Waals surface area contributed by atoms with Gasteiger partial charge in [-0.2, -0.15) is 0 Å². The Labute approximate surface area is 221 Å². The molecule has 1 fully saturated rings. The van der Waals surface area contributed by atoms with Crippen molar-refractivity contribution >= 4 is 21.7 Å². The summed E-state index contributed by atoms with van der Waals surface area (Å²) in [6, 6.07) is 13.3. The maximum Gasteiger partial charge on any atom is 0.225 e. The lowest BCUT2D eigenvalue weighted by molar-refractivity contribution is 0.129. The summed E-state index contributed by atoms with van der Waals surface area (Å²) < 4.78 is 20.8. The highest BCUT2D eigenvalue weighted by molar-refractivity contribution is 8.33. The molecule has 0 amide bonds. The Kier molecular flexibility index (Phi) is 8.07. The van der Waals surface area contributed by atoms with Crippen LogP contribution in [0.1, 0.15) is 31.9 Å². The highest BCUT2D eigenvalue weighted by Gasteiger charge is 2.28. The first-order valence-corrected chi connectivity index (χ1v) is 15.1. The monoisotopic (exact) mass is 524 g/mol. The van der Waals surface area contributed by atoms with Crippen LogP contribution in [0.3, 0.4) is 0 Å². The zero-order valence-corrected chi connectivity index (χ0v) is 23.4. The van der Waals surface area contributed by atoms with Crippen LogP contribution in [0.4, 0.5) is 10.3 Å². The summed E-state index contributed by atoms with van der Waals surface area (Å²) in [5, 5.41) is 4.22. The van der Waals surface area contributed by atoms with Gasteiger partial charge in [-0.1, -0.05) is 56.3 Å². The van der Waals surface area contributed by atoms with Gasteiger partial charge in [0.15, 0.2) is 0 Å². The quantitative estimate of drug-likeness (QED) is 0.317. The predicted octanol–water partition coefficient (Wildman–Crippen LogP) is 6.09. The van der Waals surface area contributed by atoms with Gasteiger partial charge >= 0.3 is 0 Å². The normalized spacial score (nSPS) is 14.2. The number of nitrogens with zero attached hydrogens (tertiary/aromatic N) is 4. The van der Waals surface area contributed by atoms with Crippen molar-refractivity contribution in [2.45, 2.75) is 38.5 Å². The minimum atomic E-state index is -0.849. The smallest absolute Gasteiger partial charge is 0.225 e. The van der Waals surface area contributed by atoms with Gasteiger partial charge in [-0.15, -0.1) is 0 Å². The van der Waals surface area contributed by atoms with Gasteiger partial charge in [0.2, 0.25) is 5.95 Å². The van der Waals surface area contributed by atoms with Crippen LogP contribution in [0, 0.1) is 5.82 Å². The molecular formula is C29H37FN4O2S. The topological polar surface area (TPSA) is 59.8 Å². The van der Waals surface area contributed by atoms with Crippen LogP contribution in [0.15, 0.2) is 60.0 Å². The van der Waals surface area contributed by atoms with Crippen LogP contribution >= 0.6 is 10.0 Å². The van der Waals surface area contributed by atoms with Gasteiger partial charge < -0.3 is 14.5 Å². The van der Waals surface area contributed by atoms with Gasteiger partial charge in [0.25, 0.3) is 0 Å². The molecule has 0 saturated carbocycles. The summed E-state index contributed by atoms with van der Waals surface area (Å²) in [5.74, 6) is 2.24. The number of oxime groups is 1. The molecule has 0 bridgehead atoms. The Balaban J connectivity index is 1.33. The van der Waals surface area contributed by atoms with E-state index in [1.54, 1.807) is 25.6 Å². The zero-order chi connectivity index (χ0) is 26.6. The number of aryl methyl sites for hydroxylation is 1. The SMILES string of the molecule is COc1ccc(CON=C2CN(c3ncc(-c4cccc(CCS(C)(C)C(C)(C)C)c4F)cn3)C2)cc1. The van der Waals surface area contributed by atoms with Crippen molar-refractivity contribution < 1.29 is 14.0 Å². The van der Waals surface area contributed by atoms with Crippen LogP contribution in [0.25, 0.3) is 11.1 Å². The number of ether oxygens (including phenoxy) is 1. The number of hydrogen-bond acceptors (Lipinski definition) is 6. The second kappa shape index (κ2) is 11.1. The summed E-state index contributed by atoms with van der Waals surface area (Å²) >= 11 is 0. The van der Waals surface area contributed by atoms with Crippen molar-refractivity contribution in [2.24, 2.45) is 5.16 Å². The van der Waals surface area contributed by atoms with Crippen molar-refractivity contribution in [1.82, 2.24) is 9.97 Å². The number of halogens is 1. The van der Waals surface area contributed by atoms with Gasteiger partial charge in [0.05, 0.1) is 25.9 Å². The van der Waals surface area contributed by atoms with Gasteiger partial charge in [-0.3, -0.25) is 0 Å². The summed E-state index contributed by atoms with van der Waals surface area (Å²) in [6.07, 6.45) is 8.80. The fraction of sp³-hybridized carbons (Fsp3) is 0.414. The van der Waals surface area contributed by atoms with Gasteiger partial charge in [0.1, 0.15) is 18.2 Å². The molecule has 6 nitrogen and oxygen atoms in total. The molecule has 8 heteroatoms. The van der Waals surface area contributed by atoms with Crippen LogP contribution in [-0.2, 0) is 17.9 Å². The van der Waals surface area contributed by atoms with E-state index in [0.717, 1.165) is 34.8 Å². The maximum absolute atomic E-state index is 15.4. The van der Waals surface area contributed by atoms with E-state index < -0.39 is 10.0 Å². The largest absolute Gasteiger partial charge is 0.497 e. The molecule has 0 atom stereocenters. The third-order valence-corrected chi connectivity index (χ3v) is 11.7. The van der Waals surface area contributed by atoms with Crippen LogP contribution in [0.2, 0.25) is 0 Å². The van der Waals surface area contributed by atoms with Crippen molar-refractivity contribution in [1.29, 1.82) is 0 Å². The van der Waals surface area contributed by atoms with E-state index in [1.165, 1.54) is 0 Å². The molecule has 37 heavy (non-hydrogen) atoms. The predicted molar refractivity (Wildman–Crippen MR) is 153 cm³/mol. The van der Waals surface area contributed by atoms with Crippen molar-refractivity contribution in [3.05, 3.63) is 71.8 Å². The molecule has 0 aliphatic carbocycles. The van der Waals surface area contributed by atoms with Gasteiger partial charge in [-0.05, 0) is 52.7 Å². The summed E-state index contributed by atoms with van der Waals surface area (Å²) in [4.78, 5) is 16.5. The number of anilines is 1. The van der Waals surface area contributed by atoms with Crippen LogP contribution < -0.4 is 9.64 Å². The van der Waals surface area contributed by atoms with E-state index in [4.69, 9.17) is 9.57 Å². The second-order valence-corrected chi connectivity index (χ2v) is 15.5. The number of benzene rings is 2. The zero-order valence-electron chi connectivity index (χ0n) is 22.6. The highest BCUT2D eigenvalue weighted by Crippen LogP contribution is 2.53.